The van der Waals surface area contributed by atoms with Gasteiger partial charge in [0.2, 0.25) is 35.1 Å². The van der Waals surface area contributed by atoms with Crippen LogP contribution in [0.3, 0.4) is 0 Å². The minimum atomic E-state index is -0.492. The van der Waals surface area contributed by atoms with Crippen molar-refractivity contribution in [3.63, 3.8) is 0 Å². The van der Waals surface area contributed by atoms with Crippen molar-refractivity contribution in [3.8, 4) is 23.0 Å². The van der Waals surface area contributed by atoms with E-state index in [2.05, 4.69) is 21.3 Å². The number of fused-ring (bicyclic) bond motifs is 4. The van der Waals surface area contributed by atoms with Crippen molar-refractivity contribution in [3.05, 3.63) is 106 Å². The summed E-state index contributed by atoms with van der Waals surface area (Å²) in [6, 6.07) is 19.0. The lowest BCUT2D eigenvalue weighted by Crippen LogP contribution is -2.27. The lowest BCUT2D eigenvalue weighted by Gasteiger charge is -2.12. The molecular formula is C65H84N4O22. The second-order valence-electron chi connectivity index (χ2n) is 20.5. The van der Waals surface area contributed by atoms with Crippen LogP contribution in [0.5, 0.6) is 23.0 Å². The van der Waals surface area contributed by atoms with Gasteiger partial charge in [0.25, 0.3) is 0 Å². The van der Waals surface area contributed by atoms with Gasteiger partial charge in [0, 0.05) is 91.6 Å². The molecule has 0 radical (unpaired) electrons. The third-order valence-electron chi connectivity index (χ3n) is 13.3. The number of furan rings is 2. The zero-order valence-corrected chi connectivity index (χ0v) is 51.6. The van der Waals surface area contributed by atoms with E-state index in [1.54, 1.807) is 24.3 Å². The topological polar surface area (TPSA) is 314 Å². The van der Waals surface area contributed by atoms with Gasteiger partial charge in [-0.15, -0.1) is 0 Å². The van der Waals surface area contributed by atoms with Crippen LogP contribution in [0, 0.1) is 6.92 Å². The van der Waals surface area contributed by atoms with Gasteiger partial charge in [-0.25, -0.2) is 9.59 Å². The predicted molar refractivity (Wildman–Crippen MR) is 333 cm³/mol. The molecule has 4 N–H and O–H groups in total. The molecule has 0 aliphatic rings. The average molecular weight is 1270 g/mol. The maximum Gasteiger partial charge on any atom is 0.336 e. The molecule has 0 saturated heterocycles. The van der Waals surface area contributed by atoms with Crippen molar-refractivity contribution in [1.29, 1.82) is 0 Å². The average Bonchev–Trinajstić information content (AvgIpc) is 1.85. The maximum absolute atomic E-state index is 12.3. The van der Waals surface area contributed by atoms with E-state index >= 15 is 0 Å². The van der Waals surface area contributed by atoms with Crippen LogP contribution < -0.4 is 51.5 Å². The lowest BCUT2D eigenvalue weighted by atomic mass is 10.1. The SMILES string of the molecule is Cc1cc(OCCCNC(=O)CCOCCOCCOCCOCCNC(=O)CCCOc2c3occc3cc3ccc(=O)oc23)cc(OCCCNC(=O)CCOCCOCCOCCOCCNC(=O)CCCOc2c3occc3cc3ccc(=O)oc23)c1. The maximum atomic E-state index is 12.3. The molecule has 3 aromatic carbocycles. The molecule has 26 heteroatoms. The summed E-state index contributed by atoms with van der Waals surface area (Å²) in [5.74, 6) is 1.52. The molecule has 0 unspecified atom stereocenters. The number of ether oxygens (including phenoxy) is 12. The first-order valence-corrected chi connectivity index (χ1v) is 30.8. The summed E-state index contributed by atoms with van der Waals surface area (Å²) in [5, 5.41) is 14.5. The summed E-state index contributed by atoms with van der Waals surface area (Å²) >= 11 is 0. The van der Waals surface area contributed by atoms with E-state index in [-0.39, 0.29) is 75.7 Å². The van der Waals surface area contributed by atoms with E-state index in [1.807, 2.05) is 37.3 Å². The Kier molecular flexibility index (Phi) is 32.0. The number of carbonyl (C=O) groups is 4. The summed E-state index contributed by atoms with van der Waals surface area (Å²) in [4.78, 5) is 72.7. The first-order valence-electron chi connectivity index (χ1n) is 30.8. The molecule has 0 fully saturated rings. The number of aryl methyl sites for hydroxylation is 1. The van der Waals surface area contributed by atoms with Crippen molar-refractivity contribution < 1.29 is 93.7 Å². The molecule has 4 aromatic heterocycles. The summed E-state index contributed by atoms with van der Waals surface area (Å²) in [7, 11) is 0. The number of hydrogen-bond acceptors (Lipinski definition) is 22. The third-order valence-corrected chi connectivity index (χ3v) is 13.3. The minimum Gasteiger partial charge on any atom is -0.493 e. The highest BCUT2D eigenvalue weighted by atomic mass is 16.6. The van der Waals surface area contributed by atoms with Crippen LogP contribution in [-0.2, 0) is 57.1 Å². The van der Waals surface area contributed by atoms with Crippen molar-refractivity contribution >= 4 is 67.5 Å². The summed E-state index contributed by atoms with van der Waals surface area (Å²) in [6.45, 7) is 10.6. The molecule has 0 aliphatic heterocycles. The van der Waals surface area contributed by atoms with Gasteiger partial charge in [0.15, 0.2) is 22.3 Å². The Morgan fingerprint density at radius 2 is 0.681 bits per heavy atom. The number of carbonyl (C=O) groups excluding carboxylic acids is 4. The Labute approximate surface area is 526 Å². The first kappa shape index (κ1) is 70.4. The van der Waals surface area contributed by atoms with Gasteiger partial charge in [-0.1, -0.05) is 0 Å². The van der Waals surface area contributed by atoms with Gasteiger partial charge in [-0.05, 0) is 86.7 Å². The van der Waals surface area contributed by atoms with Gasteiger partial charge in [0.1, 0.15) is 11.5 Å². The Hall–Kier alpha value is -8.08. The zero-order chi connectivity index (χ0) is 63.9. The number of nitrogens with one attached hydrogen (secondary N) is 4. The molecule has 7 aromatic rings. The zero-order valence-electron chi connectivity index (χ0n) is 51.6. The molecule has 0 spiro atoms. The number of benzene rings is 3. The number of amides is 4. The molecule has 0 atom stereocenters. The van der Waals surface area contributed by atoms with Crippen LogP contribution in [0.2, 0.25) is 0 Å². The molecule has 7 rings (SSSR count). The van der Waals surface area contributed by atoms with Crippen LogP contribution in [-0.4, -0.2) is 182 Å². The highest BCUT2D eigenvalue weighted by molar-refractivity contribution is 6.01. The van der Waals surface area contributed by atoms with E-state index in [0.29, 0.717) is 214 Å². The van der Waals surface area contributed by atoms with Gasteiger partial charge in [-0.2, -0.15) is 0 Å². The minimum absolute atomic E-state index is 0.114. The molecule has 0 saturated carbocycles. The Bertz CT molecular complexity index is 3200. The van der Waals surface area contributed by atoms with Gasteiger partial charge in [0.05, 0.1) is 145 Å². The highest BCUT2D eigenvalue weighted by Crippen LogP contribution is 2.36. The third kappa shape index (κ3) is 26.7. The Morgan fingerprint density at radius 3 is 1.09 bits per heavy atom. The van der Waals surface area contributed by atoms with Gasteiger partial charge >= 0.3 is 11.3 Å². The lowest BCUT2D eigenvalue weighted by molar-refractivity contribution is -0.123. The predicted octanol–water partition coefficient (Wildman–Crippen LogP) is 6.33. The van der Waals surface area contributed by atoms with Crippen LogP contribution in [0.1, 0.15) is 56.9 Å². The summed E-state index contributed by atoms with van der Waals surface area (Å²) in [6.07, 6.45) is 6.15. The smallest absolute Gasteiger partial charge is 0.336 e. The number of rotatable bonds is 50. The van der Waals surface area contributed by atoms with E-state index < -0.39 is 11.3 Å². The highest BCUT2D eigenvalue weighted by Gasteiger charge is 2.17. The van der Waals surface area contributed by atoms with Crippen molar-refractivity contribution in [2.75, 3.05) is 158 Å². The number of hydrogen-bond donors (Lipinski definition) is 4. The second-order valence-corrected chi connectivity index (χ2v) is 20.5. The van der Waals surface area contributed by atoms with E-state index in [4.69, 9.17) is 74.5 Å². The largest absolute Gasteiger partial charge is 0.493 e. The van der Waals surface area contributed by atoms with Crippen LogP contribution >= 0.6 is 0 Å². The molecule has 496 valence electrons. The molecular weight excluding hydrogens is 1190 g/mol. The summed E-state index contributed by atoms with van der Waals surface area (Å²) < 4.78 is 89.7. The van der Waals surface area contributed by atoms with E-state index in [0.717, 1.165) is 16.3 Å². The second kappa shape index (κ2) is 41.3. The van der Waals surface area contributed by atoms with Crippen molar-refractivity contribution in [1.82, 2.24) is 21.3 Å². The molecule has 4 heterocycles. The fourth-order valence-corrected chi connectivity index (χ4v) is 8.88. The molecule has 26 nitrogen and oxygen atoms in total. The van der Waals surface area contributed by atoms with Gasteiger partial charge < -0.3 is 95.8 Å². The summed E-state index contributed by atoms with van der Waals surface area (Å²) in [5.41, 5.74) is 1.56. The van der Waals surface area contributed by atoms with E-state index in [1.165, 1.54) is 24.7 Å². The van der Waals surface area contributed by atoms with Crippen LogP contribution in [0.15, 0.2) is 107 Å². The normalized spacial score (nSPS) is 11.4. The van der Waals surface area contributed by atoms with Crippen molar-refractivity contribution in [2.45, 2.75) is 58.3 Å². The van der Waals surface area contributed by atoms with Crippen LogP contribution in [0.25, 0.3) is 43.9 Å². The Morgan fingerprint density at radius 1 is 0.341 bits per heavy atom. The first-order chi connectivity index (χ1) is 44.6. The van der Waals surface area contributed by atoms with Gasteiger partial charge in [-0.3, -0.25) is 19.2 Å². The fourth-order valence-electron chi connectivity index (χ4n) is 8.88. The molecule has 91 heavy (non-hydrogen) atoms. The quantitative estimate of drug-likeness (QED) is 0.0239. The van der Waals surface area contributed by atoms with Crippen LogP contribution in [0.4, 0.5) is 0 Å². The van der Waals surface area contributed by atoms with Crippen molar-refractivity contribution in [2.24, 2.45) is 0 Å². The Balaban J connectivity index is 0.560. The molecule has 4 amide bonds. The monoisotopic (exact) mass is 1270 g/mol. The fraction of sp³-hybridized carbons (Fsp3) is 0.508. The van der Waals surface area contributed by atoms with E-state index in [9.17, 15) is 28.8 Å². The molecule has 0 aliphatic carbocycles. The standard InChI is InChI=1S/C65H84N4O22/c1-47-42-52(84-22-4-16-66-56(72)14-24-76-30-34-80-38-40-82-36-32-78-28-18-68-54(70)6-2-20-86-64-60-50(12-26-88-60)44-48-8-10-58(74)90-62(48)64)46-53(43-47)85-23-5-17-67-57(73)15-25-77-31-35-81-39-41-83-37-33-79-29-19-69-55(71)7-3-21-87-65-61-51(13-27-89-61)45-49-9-11-59(75)91-63(49)65/h8-13,26-27,42-46H,2-7,14-25,28-41H2,1H3,(H,66,72)(H,67,73)(H,68,70)(H,69,71). The molecule has 0 bridgehead atoms.